The zero-order chi connectivity index (χ0) is 9.14. The van der Waals surface area contributed by atoms with Gasteiger partial charge in [0, 0.05) is 12.2 Å². The molecule has 0 N–H and O–H groups in total. The van der Waals surface area contributed by atoms with Crippen molar-refractivity contribution in [2.45, 2.75) is 26.8 Å². The molecule has 0 unspecified atom stereocenters. The van der Waals surface area contributed by atoms with Crippen LogP contribution >= 0.6 is 15.9 Å². The molecule has 0 fully saturated rings. The second-order valence-corrected chi connectivity index (χ2v) is 3.59. The highest BCUT2D eigenvalue weighted by atomic mass is 79.9. The van der Waals surface area contributed by atoms with E-state index in [1.807, 2.05) is 17.7 Å². The van der Waals surface area contributed by atoms with Crippen molar-refractivity contribution in [3.8, 4) is 6.01 Å². The van der Waals surface area contributed by atoms with Gasteiger partial charge in [-0.05, 0) is 36.7 Å². The molecule has 1 rings (SSSR count). The number of aromatic nitrogens is 2. The summed E-state index contributed by atoms with van der Waals surface area (Å²) in [5.41, 5.74) is 0. The molecule has 0 aliphatic rings. The van der Waals surface area contributed by atoms with Crippen molar-refractivity contribution in [3.63, 3.8) is 0 Å². The highest BCUT2D eigenvalue weighted by Gasteiger charge is 2.08. The minimum Gasteiger partial charge on any atom is -0.465 e. The van der Waals surface area contributed by atoms with E-state index in [0.717, 1.165) is 4.60 Å². The molecule has 3 nitrogen and oxygen atoms in total. The molecular formula is C8H13BrN2O. The number of rotatable bonds is 3. The summed E-state index contributed by atoms with van der Waals surface area (Å²) in [5.74, 6) is 0. The van der Waals surface area contributed by atoms with E-state index in [1.165, 1.54) is 0 Å². The molecule has 1 heterocycles. The van der Waals surface area contributed by atoms with Crippen LogP contribution in [0.5, 0.6) is 6.01 Å². The Labute approximate surface area is 80.9 Å². The average Bonchev–Trinajstić information content (AvgIpc) is 2.32. The van der Waals surface area contributed by atoms with Gasteiger partial charge in [0.25, 0.3) is 6.01 Å². The molecule has 0 atom stereocenters. The van der Waals surface area contributed by atoms with E-state index in [4.69, 9.17) is 4.74 Å². The maximum atomic E-state index is 5.34. The van der Waals surface area contributed by atoms with Gasteiger partial charge < -0.3 is 4.74 Å². The quantitative estimate of drug-likeness (QED) is 0.802. The predicted octanol–water partition coefficient (Wildman–Crippen LogP) is 2.63. The van der Waals surface area contributed by atoms with Crippen molar-refractivity contribution >= 4 is 15.9 Å². The molecule has 0 spiro atoms. The fraction of sp³-hybridized carbons (Fsp3) is 0.625. The molecule has 1 aromatic rings. The molecule has 0 aliphatic heterocycles. The van der Waals surface area contributed by atoms with Crippen LogP contribution in [0.4, 0.5) is 0 Å². The van der Waals surface area contributed by atoms with E-state index in [9.17, 15) is 0 Å². The molecule has 68 valence electrons. The second-order valence-electron chi connectivity index (χ2n) is 2.78. The van der Waals surface area contributed by atoms with Gasteiger partial charge in [-0.25, -0.2) is 0 Å². The molecule has 4 heteroatoms. The highest BCUT2D eigenvalue weighted by molar-refractivity contribution is 9.10. The molecule has 0 bridgehead atoms. The van der Waals surface area contributed by atoms with Gasteiger partial charge in [0.05, 0.1) is 6.61 Å². The van der Waals surface area contributed by atoms with Crippen LogP contribution in [0.1, 0.15) is 26.8 Å². The molecule has 0 aliphatic carbocycles. The van der Waals surface area contributed by atoms with E-state index >= 15 is 0 Å². The van der Waals surface area contributed by atoms with Gasteiger partial charge in [0.1, 0.15) is 4.60 Å². The second kappa shape index (κ2) is 3.94. The number of imidazole rings is 1. The Morgan fingerprint density at radius 3 is 2.83 bits per heavy atom. The van der Waals surface area contributed by atoms with Gasteiger partial charge in [-0.2, -0.15) is 4.98 Å². The van der Waals surface area contributed by atoms with Crippen LogP contribution in [0.15, 0.2) is 10.8 Å². The lowest BCUT2D eigenvalue weighted by atomic mass is 10.4. The summed E-state index contributed by atoms with van der Waals surface area (Å²) in [4.78, 5) is 4.18. The molecule has 0 aromatic carbocycles. The molecule has 12 heavy (non-hydrogen) atoms. The lowest BCUT2D eigenvalue weighted by molar-refractivity contribution is 0.289. The number of nitrogens with zero attached hydrogens (tertiary/aromatic N) is 2. The largest absolute Gasteiger partial charge is 0.465 e. The molecule has 0 amide bonds. The van der Waals surface area contributed by atoms with Gasteiger partial charge in [-0.1, -0.05) is 0 Å². The summed E-state index contributed by atoms with van der Waals surface area (Å²) in [6.07, 6.45) is 1.93. The third-order valence-electron chi connectivity index (χ3n) is 1.50. The summed E-state index contributed by atoms with van der Waals surface area (Å²) in [6.45, 7) is 6.79. The Kier molecular flexibility index (Phi) is 3.14. The van der Waals surface area contributed by atoms with Gasteiger partial charge in [0.15, 0.2) is 0 Å². The smallest absolute Gasteiger partial charge is 0.297 e. The number of ether oxygens (including phenoxy) is 1. The Hall–Kier alpha value is -0.510. The van der Waals surface area contributed by atoms with Gasteiger partial charge >= 0.3 is 0 Å². The Bertz CT molecular complexity index is 258. The molecule has 1 aromatic heterocycles. The summed E-state index contributed by atoms with van der Waals surface area (Å²) >= 11 is 3.31. The van der Waals surface area contributed by atoms with Crippen LogP contribution < -0.4 is 4.74 Å². The molecule has 0 saturated heterocycles. The van der Waals surface area contributed by atoms with Gasteiger partial charge in [-0.3, -0.25) is 4.57 Å². The Morgan fingerprint density at radius 2 is 2.33 bits per heavy atom. The van der Waals surface area contributed by atoms with Crippen molar-refractivity contribution in [1.29, 1.82) is 0 Å². The van der Waals surface area contributed by atoms with Gasteiger partial charge in [0.2, 0.25) is 0 Å². The van der Waals surface area contributed by atoms with E-state index in [2.05, 4.69) is 34.8 Å². The van der Waals surface area contributed by atoms with Crippen LogP contribution in [0.25, 0.3) is 0 Å². The van der Waals surface area contributed by atoms with E-state index in [1.54, 1.807) is 0 Å². The van der Waals surface area contributed by atoms with E-state index < -0.39 is 0 Å². The zero-order valence-electron chi connectivity index (χ0n) is 7.54. The summed E-state index contributed by atoms with van der Waals surface area (Å²) in [6, 6.07) is 1.06. The normalized spacial score (nSPS) is 10.8. The standard InChI is InChI=1S/C8H13BrN2O/c1-4-12-8-10-7(9)5-11(8)6(2)3/h5-6H,4H2,1-3H3. The van der Waals surface area contributed by atoms with Crippen molar-refractivity contribution in [2.75, 3.05) is 6.61 Å². The average molecular weight is 233 g/mol. The van der Waals surface area contributed by atoms with Gasteiger partial charge in [-0.15, -0.1) is 0 Å². The Balaban J connectivity index is 2.92. The third kappa shape index (κ3) is 2.00. The van der Waals surface area contributed by atoms with Crippen LogP contribution in [0.2, 0.25) is 0 Å². The Morgan fingerprint density at radius 1 is 1.67 bits per heavy atom. The first-order chi connectivity index (χ1) is 5.65. The summed E-state index contributed by atoms with van der Waals surface area (Å²) in [5, 5.41) is 0. The van der Waals surface area contributed by atoms with E-state index in [-0.39, 0.29) is 0 Å². The monoisotopic (exact) mass is 232 g/mol. The lowest BCUT2D eigenvalue weighted by Crippen LogP contribution is -2.04. The zero-order valence-corrected chi connectivity index (χ0v) is 9.13. The number of hydrogen-bond acceptors (Lipinski definition) is 2. The van der Waals surface area contributed by atoms with Crippen molar-refractivity contribution in [2.24, 2.45) is 0 Å². The molecular weight excluding hydrogens is 220 g/mol. The topological polar surface area (TPSA) is 27.1 Å². The van der Waals surface area contributed by atoms with Crippen LogP contribution in [-0.4, -0.2) is 16.2 Å². The summed E-state index contributed by atoms with van der Waals surface area (Å²) in [7, 11) is 0. The first-order valence-electron chi connectivity index (χ1n) is 4.02. The summed E-state index contributed by atoms with van der Waals surface area (Å²) < 4.78 is 8.15. The van der Waals surface area contributed by atoms with Crippen molar-refractivity contribution in [1.82, 2.24) is 9.55 Å². The first-order valence-corrected chi connectivity index (χ1v) is 4.81. The molecule has 0 radical (unpaired) electrons. The van der Waals surface area contributed by atoms with Crippen LogP contribution in [-0.2, 0) is 0 Å². The van der Waals surface area contributed by atoms with Crippen LogP contribution in [0, 0.1) is 0 Å². The fourth-order valence-corrected chi connectivity index (χ4v) is 1.33. The first kappa shape index (κ1) is 9.58. The minimum atomic E-state index is 0.380. The fourth-order valence-electron chi connectivity index (χ4n) is 0.954. The maximum absolute atomic E-state index is 5.34. The predicted molar refractivity (Wildman–Crippen MR) is 51.5 cm³/mol. The highest BCUT2D eigenvalue weighted by Crippen LogP contribution is 2.20. The third-order valence-corrected chi connectivity index (χ3v) is 1.88. The number of halogens is 1. The SMILES string of the molecule is CCOc1nc(Br)cn1C(C)C. The minimum absolute atomic E-state index is 0.380. The number of hydrogen-bond donors (Lipinski definition) is 0. The molecule has 0 saturated carbocycles. The van der Waals surface area contributed by atoms with Crippen LogP contribution in [0.3, 0.4) is 0 Å². The maximum Gasteiger partial charge on any atom is 0.297 e. The van der Waals surface area contributed by atoms with E-state index in [0.29, 0.717) is 18.7 Å². The van der Waals surface area contributed by atoms with Crippen molar-refractivity contribution < 1.29 is 4.74 Å². The lowest BCUT2D eigenvalue weighted by Gasteiger charge is -2.09. The van der Waals surface area contributed by atoms with Crippen molar-refractivity contribution in [3.05, 3.63) is 10.8 Å².